The molecule has 21 rings (SSSR count). The molecule has 16 heterocycles. The van der Waals surface area contributed by atoms with Gasteiger partial charge < -0.3 is 54.5 Å². The Morgan fingerprint density at radius 2 is 0.736 bits per heavy atom. The number of benzene rings is 5. The molecular weight excluding hydrogens is 2100 g/mol. The standard InChI is InChI=1S/C22H17N7OS.C22H20N4O3S.C21H16Cl2N4O2S.C19H13Cl2N5O2S.C19H13Cl2N5OS/c1-14(30)27-18-13-16(6-8-23-18)22-28-19(20(31-22)21-24-9-10-25-21)15-4-2-5-17(12-15)29-11-3-7-26-29;1-13(27)10-16-11-15(6-7-23-16)22-26-19(20(30-22)21-24-8-9-25-21)14-4-5-17(28-2)18(12-14)29-3;1-11(28)7-13-9-15(17(29-2)10-26-13)21-27-18(14-4-3-12(22)8-16(14)23)19(30-21)20-24-5-6-25-20;1-28-19(27)25-14-8-10(4-5-22-14)18-26-15(12-3-2-11(20)9-13(12)21)16(29-18)17-23-6-7-24-17;1-10(27)25-15-8-11(4-5-22-15)19-26-16(13-9-12(20)2-3-14(13)21)17(28-19)18-23-6-7-24-18/h2-13H,1H3,(H,24,25)(H,23,27,30);4-9,11-12H,10H2,1-3H3,(H,24,25);3-6,8-10H,7H2,1-2H3,(H,24,25);2-9H,1H3,(H,23,24)(H,22,25,27);2-9H,1H3,(H,23,24)(H,22,25,27). The summed E-state index contributed by atoms with van der Waals surface area (Å²) in [5.74, 6) is 6.42. The van der Waals surface area contributed by atoms with Crippen molar-refractivity contribution in [3.8, 4) is 186 Å². The average Bonchev–Trinajstić information content (AvgIpc) is 1.64. The first-order chi connectivity index (χ1) is 71.8. The highest BCUT2D eigenvalue weighted by atomic mass is 35.5. The fourth-order valence-corrected chi connectivity index (χ4v) is 21.3. The molecule has 45 heteroatoms. The number of Topliss-reactive ketones (excluding diaryl/α,β-unsaturated/α-hetero) is 2. The van der Waals surface area contributed by atoms with E-state index in [1.165, 1.54) is 84.6 Å². The number of amides is 3. The van der Waals surface area contributed by atoms with E-state index in [1.54, 1.807) is 188 Å². The molecule has 0 aliphatic carbocycles. The fourth-order valence-electron chi connectivity index (χ4n) is 14.7. The van der Waals surface area contributed by atoms with Gasteiger partial charge in [-0.3, -0.25) is 34.5 Å². The highest BCUT2D eigenvalue weighted by Crippen LogP contribution is 2.50. The van der Waals surface area contributed by atoms with Gasteiger partial charge in [0, 0.05) is 202 Å². The van der Waals surface area contributed by atoms with Crippen LogP contribution >= 0.6 is 126 Å². The monoisotopic (exact) mass is 2180 g/mol. The molecule has 5 aromatic carbocycles. The van der Waals surface area contributed by atoms with Gasteiger partial charge in [0.25, 0.3) is 0 Å². The van der Waals surface area contributed by atoms with E-state index in [2.05, 4.69) is 101 Å². The van der Waals surface area contributed by atoms with Gasteiger partial charge in [-0.1, -0.05) is 81.7 Å². The summed E-state index contributed by atoms with van der Waals surface area (Å²) >= 11 is 45.0. The summed E-state index contributed by atoms with van der Waals surface area (Å²) in [5, 5.41) is 19.2. The number of imidazole rings is 5. The van der Waals surface area contributed by atoms with Gasteiger partial charge >= 0.3 is 6.09 Å². The number of thiazole rings is 5. The third kappa shape index (κ3) is 25.2. The lowest BCUT2D eigenvalue weighted by molar-refractivity contribution is -0.117. The van der Waals surface area contributed by atoms with Gasteiger partial charge in [-0.15, -0.1) is 56.7 Å². The third-order valence-electron chi connectivity index (χ3n) is 21.1. The number of carbonyl (C=O) groups is 5. The molecule has 16 aromatic heterocycles. The van der Waals surface area contributed by atoms with Crippen molar-refractivity contribution in [2.45, 2.75) is 40.5 Å². The average molecular weight is 2180 g/mol. The molecule has 0 atom stereocenters. The van der Waals surface area contributed by atoms with Crippen LogP contribution in [0.3, 0.4) is 0 Å². The Labute approximate surface area is 893 Å². The van der Waals surface area contributed by atoms with Crippen LogP contribution in [0.25, 0.3) is 168 Å². The normalized spacial score (nSPS) is 10.8. The number of ether oxygens (including phenoxy) is 4. The largest absolute Gasteiger partial charge is 0.494 e. The summed E-state index contributed by atoms with van der Waals surface area (Å²) in [6.07, 6.45) is 29.1. The quantitative estimate of drug-likeness (QED) is 0.0250. The van der Waals surface area contributed by atoms with Gasteiger partial charge in [-0.2, -0.15) is 5.10 Å². The van der Waals surface area contributed by atoms with Crippen molar-refractivity contribution in [2.24, 2.45) is 0 Å². The first kappa shape index (κ1) is 103. The zero-order chi connectivity index (χ0) is 104. The number of H-pyrrole nitrogens is 5. The maximum absolute atomic E-state index is 11.6. The van der Waals surface area contributed by atoms with Crippen molar-refractivity contribution in [2.75, 3.05) is 44.4 Å². The summed E-state index contributed by atoms with van der Waals surface area (Å²) in [7, 11) is 6.07. The number of hydrogen-bond donors (Lipinski definition) is 8. The first-order valence-corrected chi connectivity index (χ1v) is 50.6. The van der Waals surface area contributed by atoms with E-state index >= 15 is 0 Å². The van der Waals surface area contributed by atoms with E-state index in [-0.39, 0.29) is 29.8 Å². The van der Waals surface area contributed by atoms with Crippen LogP contribution in [0.2, 0.25) is 30.1 Å². The highest BCUT2D eigenvalue weighted by molar-refractivity contribution is 7.20. The van der Waals surface area contributed by atoms with Gasteiger partial charge in [-0.25, -0.2) is 74.3 Å². The van der Waals surface area contributed by atoms with Gasteiger partial charge in [0.15, 0.2) is 11.5 Å². The number of ketones is 2. The number of hydrogen-bond acceptors (Lipinski definition) is 30. The second kappa shape index (κ2) is 47.9. The van der Waals surface area contributed by atoms with Crippen LogP contribution < -0.4 is 30.2 Å². The molecule has 0 fully saturated rings. The van der Waals surface area contributed by atoms with Crippen LogP contribution in [0.15, 0.2) is 263 Å². The van der Waals surface area contributed by atoms with Gasteiger partial charge in [0.05, 0.1) is 114 Å². The minimum atomic E-state index is -0.598. The van der Waals surface area contributed by atoms with Gasteiger partial charge in [-0.05, 0) is 159 Å². The molecule has 0 bridgehead atoms. The Morgan fingerprint density at radius 3 is 1.16 bits per heavy atom. The molecule has 21 aromatic rings. The van der Waals surface area contributed by atoms with E-state index in [9.17, 15) is 24.0 Å². The number of aromatic nitrogens is 22. The van der Waals surface area contributed by atoms with Gasteiger partial charge in [0.1, 0.15) is 88.9 Å². The highest BCUT2D eigenvalue weighted by Gasteiger charge is 2.28. The summed E-state index contributed by atoms with van der Waals surface area (Å²) in [4.78, 5) is 145. The number of rotatable bonds is 26. The number of nitrogens with one attached hydrogen (secondary N) is 8. The van der Waals surface area contributed by atoms with E-state index < -0.39 is 6.09 Å². The molecule has 0 radical (unpaired) electrons. The van der Waals surface area contributed by atoms with Crippen LogP contribution in [0.1, 0.15) is 39.1 Å². The van der Waals surface area contributed by atoms with E-state index in [1.807, 2.05) is 108 Å². The Hall–Kier alpha value is -16.1. The second-order valence-corrected chi connectivity index (χ2v) is 39.1. The molecule has 0 aliphatic rings. The van der Waals surface area contributed by atoms with Gasteiger partial charge in [0.2, 0.25) is 11.8 Å². The van der Waals surface area contributed by atoms with Crippen molar-refractivity contribution in [1.29, 1.82) is 0 Å². The molecule has 34 nitrogen and oxygen atoms in total. The molecule has 0 saturated carbocycles. The van der Waals surface area contributed by atoms with Crippen LogP contribution in [0.5, 0.6) is 17.2 Å². The number of methoxy groups -OCH3 is 4. The molecule has 742 valence electrons. The minimum Gasteiger partial charge on any atom is -0.494 e. The van der Waals surface area contributed by atoms with Crippen molar-refractivity contribution < 1.29 is 42.9 Å². The Morgan fingerprint density at radius 1 is 0.331 bits per heavy atom. The maximum Gasteiger partial charge on any atom is 0.412 e. The van der Waals surface area contributed by atoms with Crippen LogP contribution in [0, 0.1) is 0 Å². The summed E-state index contributed by atoms with van der Waals surface area (Å²) < 4.78 is 22.7. The number of nitrogens with zero attached hydrogens (tertiary/aromatic N) is 17. The minimum absolute atomic E-state index is 0.0302. The smallest absolute Gasteiger partial charge is 0.412 e. The van der Waals surface area contributed by atoms with Crippen molar-refractivity contribution >= 4 is 173 Å². The van der Waals surface area contributed by atoms with Crippen molar-refractivity contribution in [3.05, 3.63) is 305 Å². The fraction of sp³-hybridized carbons (Fsp3) is 0.0971. The zero-order valence-corrected chi connectivity index (χ0v) is 87.4. The Kier molecular flexibility index (Phi) is 33.4. The molecule has 8 N–H and O–H groups in total. The zero-order valence-electron chi connectivity index (χ0n) is 78.8. The number of anilines is 3. The number of halogens is 6. The topological polar surface area (TPSA) is 448 Å². The third-order valence-corrected chi connectivity index (χ3v) is 28.3. The molecule has 0 unspecified atom stereocenters. The van der Waals surface area contributed by atoms with Crippen LogP contribution in [0.4, 0.5) is 22.2 Å². The molecule has 0 spiro atoms. The molecule has 148 heavy (non-hydrogen) atoms. The van der Waals surface area contributed by atoms with Crippen molar-refractivity contribution in [3.63, 3.8) is 0 Å². The lowest BCUT2D eigenvalue weighted by atomic mass is 10.1. The molecular formula is C103H79Cl6N25O9S5. The summed E-state index contributed by atoms with van der Waals surface area (Å²) in [5.41, 5.74) is 14.1. The SMILES string of the molecule is CC(=O)Nc1cc(-c2nc(-c3cc(Cl)ccc3Cl)c(-c3ncc[nH]3)s2)ccn1.CC(=O)Nc1cc(-c2nc(-c3cccc(-n4cccn4)c3)c(-c3ncc[nH]3)s2)ccn1.COC(=O)Nc1cc(-c2nc(-c3ccc(Cl)cc3Cl)c(-c3ncc[nH]3)s2)ccn1.COc1ccc(-c2nc(-c3ccnc(CC(C)=O)c3)sc2-c2ncc[nH]2)cc1OC.COc1cnc(CC(C)=O)cc1-c1nc(-c2ccc(Cl)cc2Cl)c(-c2ncc[nH]2)s1. The second-order valence-electron chi connectivity index (χ2n) is 31.6. The summed E-state index contributed by atoms with van der Waals surface area (Å²) in [6.45, 7) is 5.98. The predicted molar refractivity (Wildman–Crippen MR) is 582 cm³/mol. The predicted octanol–water partition coefficient (Wildman–Crippen LogP) is 25.8. The van der Waals surface area contributed by atoms with E-state index in [0.29, 0.717) is 122 Å². The van der Waals surface area contributed by atoms with E-state index in [4.69, 9.17) is 109 Å². The Balaban J connectivity index is 0.000000126. The number of carbonyl (C=O) groups excluding carboxylic acids is 5. The molecule has 0 saturated heterocycles. The molecule has 0 aliphatic heterocycles. The van der Waals surface area contributed by atoms with Crippen LogP contribution in [-0.2, 0) is 36.8 Å². The lowest BCUT2D eigenvalue weighted by Crippen LogP contribution is -2.11. The lowest BCUT2D eigenvalue weighted by Gasteiger charge is -2.09. The van der Waals surface area contributed by atoms with Crippen molar-refractivity contribution in [1.82, 2.24) is 109 Å². The first-order valence-electron chi connectivity index (χ1n) is 44.3. The number of pyridine rings is 5. The Bertz CT molecular complexity index is 8310. The molecule has 3 amide bonds. The van der Waals surface area contributed by atoms with Crippen LogP contribution in [-0.4, -0.2) is 167 Å². The number of aromatic amines is 5. The maximum atomic E-state index is 11.6. The van der Waals surface area contributed by atoms with E-state index in [0.717, 1.165) is 129 Å². The summed E-state index contributed by atoms with van der Waals surface area (Å²) in [6, 6.07) is 47.9.